The van der Waals surface area contributed by atoms with E-state index in [-0.39, 0.29) is 0 Å². The van der Waals surface area contributed by atoms with E-state index in [0.29, 0.717) is 5.88 Å². The lowest BCUT2D eigenvalue weighted by molar-refractivity contribution is 0.402. The van der Waals surface area contributed by atoms with Gasteiger partial charge in [-0.2, -0.15) is 5.10 Å². The predicted molar refractivity (Wildman–Crippen MR) is 82.8 cm³/mol. The lowest BCUT2D eigenvalue weighted by Gasteiger charge is -2.06. The Bertz CT molecular complexity index is 992. The number of hydrogen-bond donors (Lipinski definition) is 0. The molecule has 6 nitrogen and oxygen atoms in total. The topological polar surface area (TPSA) is 65.2 Å². The third kappa shape index (κ3) is 1.88. The zero-order chi connectivity index (χ0) is 15.1. The van der Waals surface area contributed by atoms with E-state index < -0.39 is 0 Å². The highest BCUT2D eigenvalue weighted by molar-refractivity contribution is 5.91. The van der Waals surface area contributed by atoms with Gasteiger partial charge in [0.1, 0.15) is 12.2 Å². The second kappa shape index (κ2) is 4.77. The minimum absolute atomic E-state index is 0.572. The molecule has 0 bridgehead atoms. The van der Waals surface area contributed by atoms with Gasteiger partial charge in [-0.05, 0) is 30.7 Å². The summed E-state index contributed by atoms with van der Waals surface area (Å²) >= 11 is 0. The minimum Gasteiger partial charge on any atom is -0.480 e. The van der Waals surface area contributed by atoms with Crippen molar-refractivity contribution >= 4 is 16.4 Å². The average Bonchev–Trinajstić information content (AvgIpc) is 2.96. The third-order valence-corrected chi connectivity index (χ3v) is 3.63. The Morgan fingerprint density at radius 2 is 2.00 bits per heavy atom. The molecule has 4 aromatic rings. The molecule has 0 unspecified atom stereocenters. The molecule has 0 fully saturated rings. The first kappa shape index (κ1) is 12.7. The second-order valence-electron chi connectivity index (χ2n) is 4.98. The van der Waals surface area contributed by atoms with Crippen LogP contribution in [0.2, 0.25) is 0 Å². The summed E-state index contributed by atoms with van der Waals surface area (Å²) in [6.45, 7) is 1.87. The summed E-state index contributed by atoms with van der Waals surface area (Å²) in [5.74, 6) is 1.31. The normalized spacial score (nSPS) is 11.2. The molecule has 0 atom stereocenters. The van der Waals surface area contributed by atoms with Gasteiger partial charge in [-0.3, -0.25) is 0 Å². The smallest absolute Gasteiger partial charge is 0.224 e. The molecule has 22 heavy (non-hydrogen) atoms. The first-order chi connectivity index (χ1) is 10.8. The van der Waals surface area contributed by atoms with Gasteiger partial charge >= 0.3 is 0 Å². The molecular formula is C16H13N5O. The van der Waals surface area contributed by atoms with Crippen LogP contribution < -0.4 is 4.74 Å². The molecule has 3 heterocycles. The summed E-state index contributed by atoms with van der Waals surface area (Å²) in [5, 5.41) is 5.26. The van der Waals surface area contributed by atoms with Crippen LogP contribution in [0.1, 0.15) is 5.82 Å². The van der Waals surface area contributed by atoms with Gasteiger partial charge in [0, 0.05) is 11.8 Å². The van der Waals surface area contributed by atoms with Crippen LogP contribution in [0.15, 0.2) is 43.0 Å². The van der Waals surface area contributed by atoms with Gasteiger partial charge in [0.15, 0.2) is 0 Å². The molecular weight excluding hydrogens is 278 g/mol. The maximum absolute atomic E-state index is 5.32. The Morgan fingerprint density at radius 1 is 1.09 bits per heavy atom. The number of aryl methyl sites for hydroxylation is 1. The number of methoxy groups -OCH3 is 1. The number of nitrogens with zero attached hydrogens (tertiary/aromatic N) is 5. The molecule has 0 saturated carbocycles. The number of ether oxygens (including phenoxy) is 1. The van der Waals surface area contributed by atoms with E-state index in [1.807, 2.05) is 48.1 Å². The molecule has 0 spiro atoms. The molecule has 0 aliphatic rings. The highest BCUT2D eigenvalue weighted by Crippen LogP contribution is 2.30. The van der Waals surface area contributed by atoms with Gasteiger partial charge in [0.2, 0.25) is 5.88 Å². The van der Waals surface area contributed by atoms with Crippen LogP contribution in [0.5, 0.6) is 5.88 Å². The summed E-state index contributed by atoms with van der Waals surface area (Å²) in [7, 11) is 1.61. The molecule has 1 aromatic carbocycles. The summed E-state index contributed by atoms with van der Waals surface area (Å²) in [6, 6.07) is 8.06. The molecule has 0 radical (unpaired) electrons. The lowest BCUT2D eigenvalue weighted by atomic mass is 10.1. The lowest BCUT2D eigenvalue weighted by Crippen LogP contribution is -1.95. The van der Waals surface area contributed by atoms with Gasteiger partial charge in [-0.25, -0.2) is 19.5 Å². The Labute approximate surface area is 126 Å². The summed E-state index contributed by atoms with van der Waals surface area (Å²) < 4.78 is 7.16. The van der Waals surface area contributed by atoms with E-state index >= 15 is 0 Å². The Kier molecular flexibility index (Phi) is 2.75. The molecule has 0 saturated heterocycles. The summed E-state index contributed by atoms with van der Waals surface area (Å²) in [6.07, 6.45) is 5.27. The zero-order valence-corrected chi connectivity index (χ0v) is 12.2. The fraction of sp³-hybridized carbons (Fsp3) is 0.125. The number of benzene rings is 1. The molecule has 0 N–H and O–H groups in total. The molecule has 0 aliphatic carbocycles. The molecule has 3 aromatic heterocycles. The first-order valence-corrected chi connectivity index (χ1v) is 6.86. The standard InChI is InChI=1S/C16H13N5O/c1-10-17-8-15-12(5-6-21(15)20-10)11-3-4-14-13(7-11)16(22-2)19-9-18-14/h3-9H,1-2H3. The van der Waals surface area contributed by atoms with Crippen LogP contribution in [0.3, 0.4) is 0 Å². The SMILES string of the molecule is COc1ncnc2ccc(-c3ccn4nc(C)ncc34)cc12. The van der Waals surface area contributed by atoms with E-state index in [1.54, 1.807) is 7.11 Å². The van der Waals surface area contributed by atoms with Crippen molar-refractivity contribution in [3.05, 3.63) is 48.8 Å². The van der Waals surface area contributed by atoms with E-state index in [9.17, 15) is 0 Å². The van der Waals surface area contributed by atoms with Gasteiger partial charge in [-0.1, -0.05) is 6.07 Å². The van der Waals surface area contributed by atoms with E-state index in [4.69, 9.17) is 4.74 Å². The van der Waals surface area contributed by atoms with Gasteiger partial charge in [0.25, 0.3) is 0 Å². The van der Waals surface area contributed by atoms with Crippen LogP contribution in [-0.2, 0) is 0 Å². The van der Waals surface area contributed by atoms with Crippen molar-refractivity contribution in [1.29, 1.82) is 0 Å². The van der Waals surface area contributed by atoms with Crippen LogP contribution >= 0.6 is 0 Å². The number of aromatic nitrogens is 5. The van der Waals surface area contributed by atoms with Crippen molar-refractivity contribution in [2.75, 3.05) is 7.11 Å². The largest absolute Gasteiger partial charge is 0.480 e. The molecule has 4 rings (SSSR count). The summed E-state index contributed by atoms with van der Waals surface area (Å²) in [5.41, 5.74) is 3.93. The second-order valence-corrected chi connectivity index (χ2v) is 4.98. The van der Waals surface area contributed by atoms with Crippen molar-refractivity contribution in [1.82, 2.24) is 24.6 Å². The fourth-order valence-electron chi connectivity index (χ4n) is 2.59. The highest BCUT2D eigenvalue weighted by Gasteiger charge is 2.10. The van der Waals surface area contributed by atoms with Crippen molar-refractivity contribution in [3.8, 4) is 17.0 Å². The highest BCUT2D eigenvalue weighted by atomic mass is 16.5. The van der Waals surface area contributed by atoms with Crippen molar-refractivity contribution in [2.45, 2.75) is 6.92 Å². The number of fused-ring (bicyclic) bond motifs is 2. The number of hydrogen-bond acceptors (Lipinski definition) is 5. The van der Waals surface area contributed by atoms with Crippen LogP contribution in [0, 0.1) is 6.92 Å². The minimum atomic E-state index is 0.572. The van der Waals surface area contributed by atoms with Crippen LogP contribution in [0.4, 0.5) is 0 Å². The van der Waals surface area contributed by atoms with Gasteiger partial charge < -0.3 is 4.74 Å². The van der Waals surface area contributed by atoms with Crippen LogP contribution in [0.25, 0.3) is 27.5 Å². The first-order valence-electron chi connectivity index (χ1n) is 6.86. The molecule has 0 amide bonds. The maximum Gasteiger partial charge on any atom is 0.224 e. The average molecular weight is 291 g/mol. The zero-order valence-electron chi connectivity index (χ0n) is 12.2. The number of rotatable bonds is 2. The van der Waals surface area contributed by atoms with E-state index in [2.05, 4.69) is 20.1 Å². The maximum atomic E-state index is 5.32. The molecule has 108 valence electrons. The van der Waals surface area contributed by atoms with Crippen molar-refractivity contribution in [3.63, 3.8) is 0 Å². The quantitative estimate of drug-likeness (QED) is 0.568. The summed E-state index contributed by atoms with van der Waals surface area (Å²) in [4.78, 5) is 12.7. The Hall–Kier alpha value is -3.02. The van der Waals surface area contributed by atoms with Crippen molar-refractivity contribution < 1.29 is 4.74 Å². The third-order valence-electron chi connectivity index (χ3n) is 3.63. The Morgan fingerprint density at radius 3 is 2.86 bits per heavy atom. The van der Waals surface area contributed by atoms with Crippen LogP contribution in [-0.4, -0.2) is 31.7 Å². The molecule has 6 heteroatoms. The Balaban J connectivity index is 1.96. The van der Waals surface area contributed by atoms with Gasteiger partial charge in [0.05, 0.1) is 29.7 Å². The van der Waals surface area contributed by atoms with E-state index in [1.165, 1.54) is 6.33 Å². The predicted octanol–water partition coefficient (Wildman–Crippen LogP) is 2.66. The van der Waals surface area contributed by atoms with E-state index in [0.717, 1.165) is 33.4 Å². The van der Waals surface area contributed by atoms with Crippen molar-refractivity contribution in [2.24, 2.45) is 0 Å². The fourth-order valence-corrected chi connectivity index (χ4v) is 2.59. The monoisotopic (exact) mass is 291 g/mol. The van der Waals surface area contributed by atoms with Gasteiger partial charge in [-0.15, -0.1) is 0 Å². The molecule has 0 aliphatic heterocycles.